The minimum absolute atomic E-state index is 0.0419. The lowest BCUT2D eigenvalue weighted by Gasteiger charge is -2.47. The van der Waals surface area contributed by atoms with Crippen molar-refractivity contribution in [1.82, 2.24) is 5.48 Å². The topological polar surface area (TPSA) is 182 Å². The van der Waals surface area contributed by atoms with Crippen LogP contribution in [0.4, 0.5) is 0 Å². The van der Waals surface area contributed by atoms with Crippen LogP contribution in [0.1, 0.15) is 49.9 Å². The van der Waals surface area contributed by atoms with Crippen LogP contribution in [-0.2, 0) is 88.2 Å². The van der Waals surface area contributed by atoms with E-state index in [9.17, 15) is 19.2 Å². The van der Waals surface area contributed by atoms with Crippen LogP contribution in [0.2, 0.25) is 0 Å². The molecular weight excluding hydrogens is 1060 g/mol. The zero-order valence-corrected chi connectivity index (χ0v) is 43.9. The first-order valence-electron chi connectivity index (χ1n) is 24.6. The average molecular weight is 1110 g/mol. The van der Waals surface area contributed by atoms with E-state index in [-0.39, 0.29) is 44.2 Å². The highest BCUT2D eigenvalue weighted by Crippen LogP contribution is 2.35. The van der Waals surface area contributed by atoms with Gasteiger partial charge in [0, 0.05) is 6.92 Å². The molecule has 0 bridgehead atoms. The first-order chi connectivity index (χ1) is 37.4. The molecule has 77 heavy (non-hydrogen) atoms. The molecule has 16 nitrogen and oxygen atoms in total. The quantitative estimate of drug-likeness (QED) is 0.0277. The lowest BCUT2D eigenvalue weighted by Crippen LogP contribution is -2.65. The Morgan fingerprint density at radius 3 is 1.27 bits per heavy atom. The molecule has 10 atom stereocenters. The van der Waals surface area contributed by atoms with Gasteiger partial charge in [0.1, 0.15) is 30.5 Å². The number of hydrogen-bond acceptors (Lipinski definition) is 15. The summed E-state index contributed by atoms with van der Waals surface area (Å²) < 4.78 is 62.4. The number of amides is 1. The van der Waals surface area contributed by atoms with Gasteiger partial charge in [0.25, 0.3) is 9.70 Å². The molecule has 0 aliphatic carbocycles. The number of hydrogen-bond donors (Lipinski definition) is 1. The van der Waals surface area contributed by atoms with Gasteiger partial charge < -0.3 is 47.4 Å². The van der Waals surface area contributed by atoms with Crippen molar-refractivity contribution in [2.24, 2.45) is 0 Å². The molecule has 0 saturated carbocycles. The summed E-state index contributed by atoms with van der Waals surface area (Å²) in [5, 5.41) is 0. The van der Waals surface area contributed by atoms with Gasteiger partial charge in [-0.1, -0.05) is 193 Å². The molecule has 2 fully saturated rings. The third kappa shape index (κ3) is 16.6. The fourth-order valence-electron chi connectivity index (χ4n) is 8.48. The number of carbonyl (C=O) groups is 4. The molecule has 1 amide bonds. The van der Waals surface area contributed by atoms with E-state index in [0.717, 1.165) is 16.7 Å². The van der Waals surface area contributed by atoms with E-state index >= 15 is 0 Å². The first kappa shape index (κ1) is 56.9. The maximum absolute atomic E-state index is 14.2. The Hall–Kier alpha value is -6.25. The van der Waals surface area contributed by atoms with Crippen LogP contribution in [0, 0.1) is 0 Å². The van der Waals surface area contributed by atoms with Crippen molar-refractivity contribution in [3.63, 3.8) is 0 Å². The molecule has 0 spiro atoms. The number of benzene rings is 6. The molecule has 404 valence electrons. The molecule has 6 aromatic carbocycles. The SMILES string of the molecule is CC(=O)O[C@@H]1[C@@H](OC[C@H]2O[C@H](ONC(=O)C(Cl)(Cl)Cl)[C@@H](OC(=O)c3ccccc3)[C@@H](OC(=O)c3ccccc3)[C@@H]2OCc2ccccc2)O[C@H](COCc2ccccc2)[C@@H](OCc2ccccc2)[C@@H]1OCc1ccccc1. The summed E-state index contributed by atoms with van der Waals surface area (Å²) in [5.74, 6) is -3.66. The monoisotopic (exact) mass is 1110 g/mol. The normalized spacial score (nSPS) is 23.3. The molecule has 19 heteroatoms. The van der Waals surface area contributed by atoms with Crippen molar-refractivity contribution in [2.45, 2.75) is 98.6 Å². The standard InChI is InChI=1S/C58H56Cl3NO15/c1-38(63)72-51-49(70-35-42-26-14-5-15-27-42)47(68-33-40-22-10-3-11-23-40)45(36-67-32-39-20-8-2-9-21-39)73-55(51)71-37-46-48(69-34-41-24-12-4-13-25-41)50(75-53(64)43-28-16-6-17-29-43)52(76-54(65)44-30-18-7-19-31-44)56(74-46)77-62-57(66)58(59,60)61/h2-31,45-52,55-56H,32-37H2,1H3,(H,62,66)/t45-,46-,47-,48-,49+,50+,51+,52+,55+,56-/m1/s1. The van der Waals surface area contributed by atoms with Gasteiger partial charge in [0.2, 0.25) is 6.29 Å². The van der Waals surface area contributed by atoms with Gasteiger partial charge in [-0.25, -0.2) is 19.9 Å². The van der Waals surface area contributed by atoms with Gasteiger partial charge in [0.15, 0.2) is 24.6 Å². The molecular formula is C58H56Cl3NO15. The van der Waals surface area contributed by atoms with Gasteiger partial charge in [-0.05, 0) is 46.5 Å². The third-order valence-electron chi connectivity index (χ3n) is 12.2. The third-order valence-corrected chi connectivity index (χ3v) is 12.7. The van der Waals surface area contributed by atoms with E-state index in [2.05, 4.69) is 5.48 Å². The Bertz CT molecular complexity index is 2770. The van der Waals surface area contributed by atoms with Crippen molar-refractivity contribution in [3.8, 4) is 0 Å². The largest absolute Gasteiger partial charge is 0.454 e. The summed E-state index contributed by atoms with van der Waals surface area (Å²) >= 11 is 17.8. The summed E-state index contributed by atoms with van der Waals surface area (Å²) in [6.07, 6.45) is -13.5. The highest BCUT2D eigenvalue weighted by atomic mass is 35.6. The predicted octanol–water partition coefficient (Wildman–Crippen LogP) is 9.23. The highest BCUT2D eigenvalue weighted by molar-refractivity contribution is 6.76. The Morgan fingerprint density at radius 1 is 0.442 bits per heavy atom. The summed E-state index contributed by atoms with van der Waals surface area (Å²) in [6, 6.07) is 53.6. The van der Waals surface area contributed by atoms with Gasteiger partial charge in [0.05, 0.1) is 50.8 Å². The lowest BCUT2D eigenvalue weighted by molar-refractivity contribution is -0.346. The zero-order valence-electron chi connectivity index (χ0n) is 41.6. The molecule has 0 radical (unpaired) electrons. The van der Waals surface area contributed by atoms with Gasteiger partial charge in [-0.3, -0.25) is 9.59 Å². The molecule has 2 saturated heterocycles. The van der Waals surface area contributed by atoms with Crippen molar-refractivity contribution in [2.75, 3.05) is 13.2 Å². The van der Waals surface area contributed by atoms with Crippen LogP contribution in [0.15, 0.2) is 182 Å². The number of alkyl halides is 3. The van der Waals surface area contributed by atoms with E-state index < -0.39 is 95.6 Å². The zero-order chi connectivity index (χ0) is 54.0. The minimum Gasteiger partial charge on any atom is -0.454 e. The molecule has 2 aliphatic heterocycles. The number of halogens is 3. The van der Waals surface area contributed by atoms with Crippen molar-refractivity contribution in [3.05, 3.63) is 215 Å². The average Bonchev–Trinajstić information content (AvgIpc) is 3.47. The Labute approximate surface area is 460 Å². The smallest absolute Gasteiger partial charge is 0.338 e. The number of carbonyl (C=O) groups excluding carboxylic acids is 4. The number of hydroxylamine groups is 1. The highest BCUT2D eigenvalue weighted by Gasteiger charge is 2.55. The van der Waals surface area contributed by atoms with E-state index in [0.29, 0.717) is 5.56 Å². The van der Waals surface area contributed by atoms with Crippen molar-refractivity contribution < 1.29 is 71.4 Å². The molecule has 1 N–H and O–H groups in total. The maximum atomic E-state index is 14.2. The lowest BCUT2D eigenvalue weighted by atomic mass is 9.97. The summed E-state index contributed by atoms with van der Waals surface area (Å²) in [4.78, 5) is 60.3. The van der Waals surface area contributed by atoms with E-state index in [1.54, 1.807) is 36.4 Å². The van der Waals surface area contributed by atoms with Gasteiger partial charge in [-0.2, -0.15) is 0 Å². The molecule has 0 aromatic heterocycles. The molecule has 8 rings (SSSR count). The fourth-order valence-corrected chi connectivity index (χ4v) is 8.60. The number of esters is 3. The summed E-state index contributed by atoms with van der Waals surface area (Å²) in [6.45, 7) is 1.01. The number of nitrogens with one attached hydrogen (secondary N) is 1. The molecule has 2 heterocycles. The van der Waals surface area contributed by atoms with Crippen molar-refractivity contribution >= 4 is 58.6 Å². The van der Waals surface area contributed by atoms with Crippen molar-refractivity contribution in [1.29, 1.82) is 0 Å². The van der Waals surface area contributed by atoms with Crippen LogP contribution in [0.3, 0.4) is 0 Å². The summed E-state index contributed by atoms with van der Waals surface area (Å²) in [7, 11) is 0. The first-order valence-corrected chi connectivity index (χ1v) is 25.8. The van der Waals surface area contributed by atoms with Gasteiger partial charge in [-0.15, -0.1) is 0 Å². The van der Waals surface area contributed by atoms with Crippen LogP contribution < -0.4 is 5.48 Å². The van der Waals surface area contributed by atoms with Crippen LogP contribution in [0.25, 0.3) is 0 Å². The van der Waals surface area contributed by atoms with Gasteiger partial charge >= 0.3 is 17.9 Å². The predicted molar refractivity (Wildman–Crippen MR) is 281 cm³/mol. The fraction of sp³-hybridized carbons (Fsp3) is 0.310. The second kappa shape index (κ2) is 28.4. The number of rotatable bonds is 23. The Kier molecular flexibility index (Phi) is 21.0. The van der Waals surface area contributed by atoms with Crippen LogP contribution >= 0.6 is 34.8 Å². The van der Waals surface area contributed by atoms with Crippen LogP contribution in [-0.4, -0.2) is 102 Å². The Balaban J connectivity index is 1.17. The minimum atomic E-state index is -2.53. The molecule has 0 unspecified atom stereocenters. The van der Waals surface area contributed by atoms with Crippen LogP contribution in [0.5, 0.6) is 0 Å². The Morgan fingerprint density at radius 2 is 0.818 bits per heavy atom. The van der Waals surface area contributed by atoms with E-state index in [4.69, 9.17) is 87.0 Å². The van der Waals surface area contributed by atoms with E-state index in [1.165, 1.54) is 31.2 Å². The molecule has 2 aliphatic rings. The van der Waals surface area contributed by atoms with E-state index in [1.807, 2.05) is 121 Å². The maximum Gasteiger partial charge on any atom is 0.338 e. The number of ether oxygens (including phenoxy) is 10. The summed E-state index contributed by atoms with van der Waals surface area (Å²) in [5.41, 5.74) is 5.59. The second-order valence-electron chi connectivity index (χ2n) is 17.8. The molecule has 6 aromatic rings. The second-order valence-corrected chi connectivity index (χ2v) is 20.1.